The van der Waals surface area contributed by atoms with E-state index >= 15 is 0 Å². The van der Waals surface area contributed by atoms with Gasteiger partial charge in [-0.2, -0.15) is 13.2 Å². The summed E-state index contributed by atoms with van der Waals surface area (Å²) in [4.78, 5) is 25.0. The predicted molar refractivity (Wildman–Crippen MR) is 90.2 cm³/mol. The number of amides is 1. The molecular formula is C16H20F3N3O5. The second-order valence-electron chi connectivity index (χ2n) is 6.83. The smallest absolute Gasteiger partial charge is 0.440 e. The van der Waals surface area contributed by atoms with E-state index in [1.807, 2.05) is 0 Å². The largest absolute Gasteiger partial charge is 0.473 e. The number of hydrazine groups is 1. The normalized spacial score (nSPS) is 15.4. The Labute approximate surface area is 153 Å². The molecule has 1 saturated heterocycles. The number of rotatable bonds is 3. The molecule has 0 radical (unpaired) electrons. The molecule has 1 aromatic carbocycles. The number of nitro groups is 1. The number of carbonyl (C=O) groups is 1. The molecule has 150 valence electrons. The number of hydrogen-bond donors (Lipinski definition) is 0. The van der Waals surface area contributed by atoms with E-state index < -0.39 is 28.5 Å². The van der Waals surface area contributed by atoms with Gasteiger partial charge in [-0.3, -0.25) is 0 Å². The van der Waals surface area contributed by atoms with Gasteiger partial charge in [-0.15, -0.1) is 0 Å². The fraction of sp³-hybridized carbons (Fsp3) is 0.562. The average molecular weight is 391 g/mol. The van der Waals surface area contributed by atoms with Crippen LogP contribution >= 0.6 is 0 Å². The number of benzene rings is 1. The molecule has 0 spiro atoms. The van der Waals surface area contributed by atoms with Crippen molar-refractivity contribution in [3.05, 3.63) is 33.9 Å². The number of nitrogens with zero attached hydrogens (tertiary/aromatic N) is 3. The maximum atomic E-state index is 13.4. The highest BCUT2D eigenvalue weighted by Crippen LogP contribution is 2.39. The van der Waals surface area contributed by atoms with Crippen molar-refractivity contribution < 1.29 is 32.5 Å². The van der Waals surface area contributed by atoms with E-state index in [9.17, 15) is 28.1 Å². The van der Waals surface area contributed by atoms with Crippen LogP contribution < -0.4 is 9.91 Å². The standard InChI is InChI=1S/C16H20F3N3O5/c1-15(2,3)27-14(23)21(22(24)25)11-4-5-12(16(17,18)19)13(10-11)20-6-8-26-9-7-20/h4-5,10H,6-9H2,1-3H3. The molecule has 27 heavy (non-hydrogen) atoms. The zero-order chi connectivity index (χ0) is 20.4. The molecule has 1 aliphatic rings. The lowest BCUT2D eigenvalue weighted by atomic mass is 10.1. The molecule has 0 atom stereocenters. The van der Waals surface area contributed by atoms with Gasteiger partial charge in [0.2, 0.25) is 0 Å². The fourth-order valence-corrected chi connectivity index (χ4v) is 2.53. The Kier molecular flexibility index (Phi) is 5.83. The van der Waals surface area contributed by atoms with E-state index in [4.69, 9.17) is 9.47 Å². The van der Waals surface area contributed by atoms with Gasteiger partial charge in [0, 0.05) is 18.1 Å². The SMILES string of the molecule is CC(C)(C)OC(=O)N(c1ccc(C(F)(F)F)c(N2CCOCC2)c1)[N+](=O)[O-]. The molecule has 8 nitrogen and oxygen atoms in total. The summed E-state index contributed by atoms with van der Waals surface area (Å²) in [5, 5.41) is 10.4. The third-order valence-corrected chi connectivity index (χ3v) is 3.61. The first-order valence-electron chi connectivity index (χ1n) is 8.11. The first-order chi connectivity index (χ1) is 12.4. The first kappa shape index (κ1) is 20.7. The Balaban J connectivity index is 2.48. The molecule has 1 amide bonds. The molecule has 0 bridgehead atoms. The van der Waals surface area contributed by atoms with Crippen molar-refractivity contribution in [2.75, 3.05) is 36.2 Å². The number of ether oxygens (including phenoxy) is 2. The molecule has 2 rings (SSSR count). The Morgan fingerprint density at radius 1 is 1.26 bits per heavy atom. The summed E-state index contributed by atoms with van der Waals surface area (Å²) in [6.45, 7) is 5.41. The second-order valence-corrected chi connectivity index (χ2v) is 6.83. The summed E-state index contributed by atoms with van der Waals surface area (Å²) in [5.41, 5.74) is -2.53. The van der Waals surface area contributed by atoms with E-state index in [2.05, 4.69) is 0 Å². The topological polar surface area (TPSA) is 85.2 Å². The van der Waals surface area contributed by atoms with Crippen molar-refractivity contribution in [3.8, 4) is 0 Å². The third-order valence-electron chi connectivity index (χ3n) is 3.61. The highest BCUT2D eigenvalue weighted by atomic mass is 19.4. The van der Waals surface area contributed by atoms with Crippen LogP contribution in [0.1, 0.15) is 26.3 Å². The lowest BCUT2D eigenvalue weighted by Gasteiger charge is -2.31. The molecule has 1 aromatic rings. The van der Waals surface area contributed by atoms with Crippen LogP contribution in [0.2, 0.25) is 0 Å². The minimum Gasteiger partial charge on any atom is -0.440 e. The van der Waals surface area contributed by atoms with E-state index in [1.54, 1.807) is 0 Å². The molecule has 1 fully saturated rings. The molecule has 1 heterocycles. The van der Waals surface area contributed by atoms with Crippen molar-refractivity contribution in [2.45, 2.75) is 32.5 Å². The zero-order valence-electron chi connectivity index (χ0n) is 15.1. The highest BCUT2D eigenvalue weighted by Gasteiger charge is 2.38. The number of halogens is 3. The van der Waals surface area contributed by atoms with Crippen LogP contribution in [0.15, 0.2) is 18.2 Å². The fourth-order valence-electron chi connectivity index (χ4n) is 2.53. The molecule has 0 saturated carbocycles. The summed E-state index contributed by atoms with van der Waals surface area (Å²) in [7, 11) is 0. The second kappa shape index (κ2) is 7.59. The molecule has 0 unspecified atom stereocenters. The molecule has 11 heteroatoms. The first-order valence-corrected chi connectivity index (χ1v) is 8.11. The van der Waals surface area contributed by atoms with E-state index in [-0.39, 0.29) is 42.7 Å². The minimum absolute atomic E-state index is 0.0926. The van der Waals surface area contributed by atoms with Gasteiger partial charge in [0.15, 0.2) is 5.03 Å². The van der Waals surface area contributed by atoms with Crippen LogP contribution in [0.5, 0.6) is 0 Å². The van der Waals surface area contributed by atoms with E-state index in [0.717, 1.165) is 18.2 Å². The molecular weight excluding hydrogens is 371 g/mol. The van der Waals surface area contributed by atoms with Crippen LogP contribution in [-0.4, -0.2) is 43.0 Å². The Morgan fingerprint density at radius 2 is 1.85 bits per heavy atom. The van der Waals surface area contributed by atoms with E-state index in [1.165, 1.54) is 25.7 Å². The maximum Gasteiger partial charge on any atom is 0.473 e. The van der Waals surface area contributed by atoms with Crippen LogP contribution in [0.4, 0.5) is 29.3 Å². The number of morpholine rings is 1. The van der Waals surface area contributed by atoms with Crippen LogP contribution in [0.3, 0.4) is 0 Å². The molecule has 0 aromatic heterocycles. The lowest BCUT2D eigenvalue weighted by molar-refractivity contribution is -0.484. The molecule has 0 aliphatic carbocycles. The van der Waals surface area contributed by atoms with Crippen LogP contribution in [-0.2, 0) is 15.7 Å². The van der Waals surface area contributed by atoms with Crippen molar-refractivity contribution >= 4 is 17.5 Å². The number of hydrogen-bond acceptors (Lipinski definition) is 6. The summed E-state index contributed by atoms with van der Waals surface area (Å²) in [5.74, 6) is 0. The summed E-state index contributed by atoms with van der Waals surface area (Å²) >= 11 is 0. The third kappa shape index (κ3) is 5.22. The molecule has 1 aliphatic heterocycles. The zero-order valence-corrected chi connectivity index (χ0v) is 15.1. The van der Waals surface area contributed by atoms with Gasteiger partial charge in [0.25, 0.3) is 0 Å². The van der Waals surface area contributed by atoms with Crippen LogP contribution in [0.25, 0.3) is 0 Å². The Hall–Kier alpha value is -2.56. The van der Waals surface area contributed by atoms with Crippen molar-refractivity contribution in [1.82, 2.24) is 0 Å². The predicted octanol–water partition coefficient (Wildman–Crippen LogP) is 3.48. The maximum absolute atomic E-state index is 13.4. The highest BCUT2D eigenvalue weighted by molar-refractivity contribution is 5.86. The molecule has 0 N–H and O–H groups in total. The van der Waals surface area contributed by atoms with Gasteiger partial charge < -0.3 is 14.4 Å². The van der Waals surface area contributed by atoms with Gasteiger partial charge in [-0.25, -0.2) is 14.9 Å². The van der Waals surface area contributed by atoms with Crippen molar-refractivity contribution in [3.63, 3.8) is 0 Å². The van der Waals surface area contributed by atoms with Gasteiger partial charge >= 0.3 is 12.3 Å². The summed E-state index contributed by atoms with van der Waals surface area (Å²) in [6, 6.07) is 2.57. The Bertz CT molecular complexity index is 712. The monoisotopic (exact) mass is 391 g/mol. The number of carbonyl (C=O) groups excluding carboxylic acids is 1. The quantitative estimate of drug-likeness (QED) is 0.579. The van der Waals surface area contributed by atoms with Crippen molar-refractivity contribution in [2.24, 2.45) is 0 Å². The van der Waals surface area contributed by atoms with Gasteiger partial charge in [-0.1, -0.05) is 0 Å². The average Bonchev–Trinajstić information content (AvgIpc) is 2.52. The van der Waals surface area contributed by atoms with Gasteiger partial charge in [-0.05, 0) is 39.0 Å². The van der Waals surface area contributed by atoms with Crippen LogP contribution in [0, 0.1) is 10.1 Å². The Morgan fingerprint density at radius 3 is 2.33 bits per heavy atom. The van der Waals surface area contributed by atoms with E-state index in [0.29, 0.717) is 0 Å². The lowest BCUT2D eigenvalue weighted by Crippen LogP contribution is -2.41. The number of alkyl halides is 3. The minimum atomic E-state index is -4.66. The van der Waals surface area contributed by atoms with Gasteiger partial charge in [0.1, 0.15) is 11.3 Å². The summed E-state index contributed by atoms with van der Waals surface area (Å²) in [6.07, 6.45) is -5.95. The number of anilines is 2. The van der Waals surface area contributed by atoms with Crippen molar-refractivity contribution in [1.29, 1.82) is 0 Å². The van der Waals surface area contributed by atoms with Gasteiger partial charge in [0.05, 0.1) is 24.5 Å². The summed E-state index contributed by atoms with van der Waals surface area (Å²) < 4.78 is 50.3.